The quantitative estimate of drug-likeness (QED) is 0.602. The summed E-state index contributed by atoms with van der Waals surface area (Å²) in [6, 6.07) is 7.28. The van der Waals surface area contributed by atoms with Gasteiger partial charge in [-0.3, -0.25) is 0 Å². The number of rotatable bonds is 6. The minimum atomic E-state index is -0.261. The van der Waals surface area contributed by atoms with Crippen LogP contribution in [0.25, 0.3) is 10.2 Å². The molecule has 4 N–H and O–H groups in total. The van der Waals surface area contributed by atoms with Gasteiger partial charge < -0.3 is 20.6 Å². The zero-order valence-electron chi connectivity index (χ0n) is 11.8. The summed E-state index contributed by atoms with van der Waals surface area (Å²) in [7, 11) is 0. The van der Waals surface area contributed by atoms with Gasteiger partial charge in [0.05, 0.1) is 35.3 Å². The van der Waals surface area contributed by atoms with Gasteiger partial charge in [-0.2, -0.15) is 0 Å². The summed E-state index contributed by atoms with van der Waals surface area (Å²) in [5, 5.41) is 12.8. The van der Waals surface area contributed by atoms with Crippen molar-refractivity contribution in [1.29, 1.82) is 0 Å². The van der Waals surface area contributed by atoms with E-state index in [1.807, 2.05) is 18.2 Å². The molecule has 0 aliphatic heterocycles. The molecule has 22 heavy (non-hydrogen) atoms. The third-order valence-electron chi connectivity index (χ3n) is 3.23. The predicted octanol–water partition coefficient (Wildman–Crippen LogP) is 3.02. The van der Waals surface area contributed by atoms with Crippen LogP contribution in [0.3, 0.4) is 0 Å². The maximum absolute atomic E-state index is 9.08. The highest BCUT2D eigenvalue weighted by Crippen LogP contribution is 2.33. The summed E-state index contributed by atoms with van der Waals surface area (Å²) < 4.78 is 6.34. The molecule has 3 aromatic rings. The van der Waals surface area contributed by atoms with E-state index < -0.39 is 0 Å². The van der Waals surface area contributed by atoms with Crippen LogP contribution in [0.15, 0.2) is 34.9 Å². The van der Waals surface area contributed by atoms with Gasteiger partial charge in [0.25, 0.3) is 0 Å². The molecule has 0 bridgehead atoms. The number of aliphatic hydroxyl groups excluding tert-OH is 1. The third kappa shape index (κ3) is 3.41. The normalized spacial score (nSPS) is 12.7. The second-order valence-electron chi connectivity index (χ2n) is 5.00. The lowest BCUT2D eigenvalue weighted by atomic mass is 10.2. The molecular formula is C15H16ClN3O2S. The van der Waals surface area contributed by atoms with Gasteiger partial charge in [0, 0.05) is 17.0 Å². The molecule has 116 valence electrons. The van der Waals surface area contributed by atoms with Crippen molar-refractivity contribution in [2.45, 2.75) is 19.0 Å². The van der Waals surface area contributed by atoms with E-state index in [1.54, 1.807) is 23.7 Å². The molecule has 0 saturated carbocycles. The van der Waals surface area contributed by atoms with Gasteiger partial charge in [0.2, 0.25) is 0 Å². The van der Waals surface area contributed by atoms with Gasteiger partial charge in [-0.15, -0.1) is 11.3 Å². The lowest BCUT2D eigenvalue weighted by molar-refractivity contribution is 0.266. The average molecular weight is 338 g/mol. The summed E-state index contributed by atoms with van der Waals surface area (Å²) in [6.07, 6.45) is 2.26. The third-order valence-corrected chi connectivity index (χ3v) is 4.60. The fourth-order valence-corrected chi connectivity index (χ4v) is 3.57. The van der Waals surface area contributed by atoms with Crippen LogP contribution in [0, 0.1) is 0 Å². The Hall–Kier alpha value is -1.60. The number of nitrogens with two attached hydrogens (primary N) is 1. The standard InChI is InChI=1S/C15H16ClN3O2S/c16-14-6-12(18-7-10-2-1-3-21-10)15-13(19-14)5-11(22-15)4-9(17)8-20/h1-3,5-6,9,20H,4,7-8,17H2,(H,18,19). The van der Waals surface area contributed by atoms with E-state index >= 15 is 0 Å². The zero-order chi connectivity index (χ0) is 15.5. The Morgan fingerprint density at radius 1 is 1.45 bits per heavy atom. The molecule has 0 saturated heterocycles. The molecule has 1 atom stereocenters. The Balaban J connectivity index is 1.87. The molecule has 3 rings (SSSR count). The highest BCUT2D eigenvalue weighted by atomic mass is 35.5. The van der Waals surface area contributed by atoms with Crippen LogP contribution in [0.2, 0.25) is 5.15 Å². The summed E-state index contributed by atoms with van der Waals surface area (Å²) in [6.45, 7) is 0.540. The fourth-order valence-electron chi connectivity index (χ4n) is 2.19. The Bertz CT molecular complexity index is 758. The average Bonchev–Trinajstić information content (AvgIpc) is 3.13. The van der Waals surface area contributed by atoms with E-state index in [9.17, 15) is 0 Å². The Morgan fingerprint density at radius 3 is 3.05 bits per heavy atom. The molecule has 3 aromatic heterocycles. The Labute approximate surface area is 136 Å². The lowest BCUT2D eigenvalue weighted by Gasteiger charge is -2.06. The Kier molecular flexibility index (Phi) is 4.63. The molecule has 7 heteroatoms. The van der Waals surface area contributed by atoms with Gasteiger partial charge >= 0.3 is 0 Å². The SMILES string of the molecule is NC(CO)Cc1cc2nc(Cl)cc(NCc3ccco3)c2s1. The minimum absolute atomic E-state index is 0.0357. The molecule has 0 aliphatic rings. The first kappa shape index (κ1) is 15.3. The number of fused-ring (bicyclic) bond motifs is 1. The van der Waals surface area contributed by atoms with Crippen molar-refractivity contribution in [3.05, 3.63) is 46.3 Å². The van der Waals surface area contributed by atoms with Crippen LogP contribution in [0.1, 0.15) is 10.6 Å². The van der Waals surface area contributed by atoms with Crippen molar-refractivity contribution in [3.63, 3.8) is 0 Å². The van der Waals surface area contributed by atoms with Gasteiger partial charge in [-0.1, -0.05) is 11.6 Å². The number of hydrogen-bond donors (Lipinski definition) is 3. The van der Waals surface area contributed by atoms with E-state index in [0.29, 0.717) is 18.1 Å². The van der Waals surface area contributed by atoms with Gasteiger partial charge in [-0.25, -0.2) is 4.98 Å². The number of aromatic nitrogens is 1. The number of anilines is 1. The van der Waals surface area contributed by atoms with E-state index in [1.165, 1.54) is 0 Å². The molecule has 0 aromatic carbocycles. The van der Waals surface area contributed by atoms with Crippen LogP contribution in [-0.2, 0) is 13.0 Å². The Morgan fingerprint density at radius 2 is 2.32 bits per heavy atom. The number of thiophene rings is 1. The summed E-state index contributed by atoms with van der Waals surface area (Å²) in [5.41, 5.74) is 7.55. The summed E-state index contributed by atoms with van der Waals surface area (Å²) in [5.74, 6) is 0.847. The van der Waals surface area contributed by atoms with Crippen molar-refractivity contribution < 1.29 is 9.52 Å². The topological polar surface area (TPSA) is 84.3 Å². The van der Waals surface area contributed by atoms with Gasteiger partial charge in [-0.05, 0) is 24.6 Å². The largest absolute Gasteiger partial charge is 0.467 e. The van der Waals surface area contributed by atoms with Crippen LogP contribution in [-0.4, -0.2) is 22.7 Å². The van der Waals surface area contributed by atoms with Crippen molar-refractivity contribution >= 4 is 38.8 Å². The van der Waals surface area contributed by atoms with Crippen molar-refractivity contribution in [3.8, 4) is 0 Å². The van der Waals surface area contributed by atoms with E-state index in [2.05, 4.69) is 10.3 Å². The first-order chi connectivity index (χ1) is 10.7. The number of nitrogens with one attached hydrogen (secondary N) is 1. The fraction of sp³-hybridized carbons (Fsp3) is 0.267. The first-order valence-electron chi connectivity index (χ1n) is 6.87. The van der Waals surface area contributed by atoms with Crippen LogP contribution in [0.5, 0.6) is 0 Å². The summed E-state index contributed by atoms with van der Waals surface area (Å²) >= 11 is 7.70. The van der Waals surface area contributed by atoms with Crippen molar-refractivity contribution in [2.24, 2.45) is 5.73 Å². The molecule has 0 aliphatic carbocycles. The van der Waals surface area contributed by atoms with E-state index in [0.717, 1.165) is 26.5 Å². The first-order valence-corrected chi connectivity index (χ1v) is 8.07. The number of nitrogens with zero attached hydrogens (tertiary/aromatic N) is 1. The van der Waals surface area contributed by atoms with Crippen LogP contribution in [0.4, 0.5) is 5.69 Å². The second kappa shape index (κ2) is 6.66. The highest BCUT2D eigenvalue weighted by molar-refractivity contribution is 7.19. The van der Waals surface area contributed by atoms with Crippen LogP contribution < -0.4 is 11.1 Å². The number of pyridine rings is 1. The number of furan rings is 1. The number of aliphatic hydroxyl groups is 1. The predicted molar refractivity (Wildman–Crippen MR) is 89.4 cm³/mol. The molecule has 5 nitrogen and oxygen atoms in total. The highest BCUT2D eigenvalue weighted by Gasteiger charge is 2.12. The number of halogens is 1. The molecule has 0 fully saturated rings. The van der Waals surface area contributed by atoms with E-state index in [4.69, 9.17) is 26.9 Å². The van der Waals surface area contributed by atoms with E-state index in [-0.39, 0.29) is 12.6 Å². The molecule has 0 spiro atoms. The van der Waals surface area contributed by atoms with Crippen LogP contribution >= 0.6 is 22.9 Å². The lowest BCUT2D eigenvalue weighted by Crippen LogP contribution is -2.26. The summed E-state index contributed by atoms with van der Waals surface area (Å²) in [4.78, 5) is 5.42. The molecular weight excluding hydrogens is 322 g/mol. The minimum Gasteiger partial charge on any atom is -0.467 e. The number of hydrogen-bond acceptors (Lipinski definition) is 6. The van der Waals surface area contributed by atoms with Gasteiger partial charge in [0.15, 0.2) is 0 Å². The molecule has 0 radical (unpaired) electrons. The monoisotopic (exact) mass is 337 g/mol. The molecule has 0 amide bonds. The molecule has 3 heterocycles. The van der Waals surface area contributed by atoms with Crippen molar-refractivity contribution in [2.75, 3.05) is 11.9 Å². The maximum atomic E-state index is 9.08. The smallest absolute Gasteiger partial charge is 0.131 e. The molecule has 1 unspecified atom stereocenters. The zero-order valence-corrected chi connectivity index (χ0v) is 13.3. The second-order valence-corrected chi connectivity index (χ2v) is 6.52. The maximum Gasteiger partial charge on any atom is 0.131 e. The van der Waals surface area contributed by atoms with Gasteiger partial charge in [0.1, 0.15) is 10.9 Å². The van der Waals surface area contributed by atoms with Crippen molar-refractivity contribution in [1.82, 2.24) is 4.98 Å².